The zero-order valence-corrected chi connectivity index (χ0v) is 10.5. The Hall–Kier alpha value is -1.68. The molecule has 1 atom stereocenters. The summed E-state index contributed by atoms with van der Waals surface area (Å²) in [6, 6.07) is 6.46. The minimum Gasteiger partial charge on any atom is -0.338 e. The van der Waals surface area contributed by atoms with Crippen LogP contribution in [0.15, 0.2) is 22.7 Å². The third-order valence-corrected chi connectivity index (χ3v) is 3.66. The fraction of sp³-hybridized carbons (Fsp3) is 0.429. The summed E-state index contributed by atoms with van der Waals surface area (Å²) in [5.41, 5.74) is 9.38. The van der Waals surface area contributed by atoms with Gasteiger partial charge in [0, 0.05) is 5.56 Å². The van der Waals surface area contributed by atoms with E-state index in [1.807, 2.05) is 0 Å². The second-order valence-electron chi connectivity index (χ2n) is 4.92. The Morgan fingerprint density at radius 1 is 1.44 bits per heavy atom. The maximum absolute atomic E-state index is 5.48. The summed E-state index contributed by atoms with van der Waals surface area (Å²) in [6.45, 7) is 2.57. The molecule has 0 radical (unpaired) electrons. The Kier molecular flexibility index (Phi) is 2.88. The monoisotopic (exact) mass is 243 g/mol. The predicted molar refractivity (Wildman–Crippen MR) is 69.0 cm³/mol. The Morgan fingerprint density at radius 2 is 2.33 bits per heavy atom. The highest BCUT2D eigenvalue weighted by Crippen LogP contribution is 2.33. The highest BCUT2D eigenvalue weighted by Gasteiger charge is 2.18. The molecule has 4 heteroatoms. The van der Waals surface area contributed by atoms with Crippen LogP contribution in [-0.2, 0) is 13.0 Å². The summed E-state index contributed by atoms with van der Waals surface area (Å²) < 4.78 is 5.05. The lowest BCUT2D eigenvalue weighted by Crippen LogP contribution is -2.07. The van der Waals surface area contributed by atoms with Crippen LogP contribution < -0.4 is 5.73 Å². The van der Waals surface area contributed by atoms with E-state index in [2.05, 4.69) is 35.3 Å². The molecule has 0 saturated heterocycles. The Bertz CT molecular complexity index is 562. The number of hydrogen-bond donors (Lipinski definition) is 1. The van der Waals surface area contributed by atoms with Gasteiger partial charge in [0.15, 0.2) is 0 Å². The van der Waals surface area contributed by atoms with E-state index < -0.39 is 0 Å². The van der Waals surface area contributed by atoms with E-state index in [1.54, 1.807) is 0 Å². The number of fused-ring (bicyclic) bond motifs is 1. The molecule has 3 rings (SSSR count). The molecule has 0 aliphatic heterocycles. The summed E-state index contributed by atoms with van der Waals surface area (Å²) in [7, 11) is 0. The number of rotatable bonds is 2. The Labute approximate surface area is 106 Å². The van der Waals surface area contributed by atoms with Gasteiger partial charge in [-0.15, -0.1) is 0 Å². The molecule has 0 saturated carbocycles. The van der Waals surface area contributed by atoms with Gasteiger partial charge in [-0.25, -0.2) is 0 Å². The summed E-state index contributed by atoms with van der Waals surface area (Å²) in [6.07, 6.45) is 3.73. The SMILES string of the molecule is CC1CCCc2ccc(-c3noc(CN)n3)cc21. The fourth-order valence-corrected chi connectivity index (χ4v) is 2.63. The van der Waals surface area contributed by atoms with Gasteiger partial charge in [0.05, 0.1) is 6.54 Å². The van der Waals surface area contributed by atoms with E-state index in [0.717, 1.165) is 5.56 Å². The highest BCUT2D eigenvalue weighted by molar-refractivity contribution is 5.57. The zero-order valence-electron chi connectivity index (χ0n) is 10.5. The van der Waals surface area contributed by atoms with Crippen LogP contribution >= 0.6 is 0 Å². The maximum Gasteiger partial charge on any atom is 0.240 e. The topological polar surface area (TPSA) is 64.9 Å². The van der Waals surface area contributed by atoms with Crippen LogP contribution in [0, 0.1) is 0 Å². The molecule has 0 amide bonds. The molecule has 0 spiro atoms. The van der Waals surface area contributed by atoms with Gasteiger partial charge in [-0.2, -0.15) is 4.98 Å². The maximum atomic E-state index is 5.48. The molecule has 1 heterocycles. The lowest BCUT2D eigenvalue weighted by atomic mass is 9.83. The molecule has 1 aromatic heterocycles. The van der Waals surface area contributed by atoms with Crippen molar-refractivity contribution in [3.63, 3.8) is 0 Å². The average molecular weight is 243 g/mol. The van der Waals surface area contributed by atoms with Crippen molar-refractivity contribution in [2.75, 3.05) is 0 Å². The van der Waals surface area contributed by atoms with Crippen molar-refractivity contribution in [1.29, 1.82) is 0 Å². The first-order valence-electron chi connectivity index (χ1n) is 6.44. The third kappa shape index (κ3) is 1.93. The number of aryl methyl sites for hydroxylation is 1. The lowest BCUT2D eigenvalue weighted by Gasteiger charge is -2.22. The second kappa shape index (κ2) is 4.53. The largest absolute Gasteiger partial charge is 0.338 e. The van der Waals surface area contributed by atoms with Crippen molar-refractivity contribution in [1.82, 2.24) is 10.1 Å². The average Bonchev–Trinajstić information content (AvgIpc) is 2.88. The number of nitrogens with two attached hydrogens (primary N) is 1. The van der Waals surface area contributed by atoms with Crippen molar-refractivity contribution in [2.45, 2.75) is 38.6 Å². The molecule has 4 nitrogen and oxygen atoms in total. The zero-order chi connectivity index (χ0) is 12.5. The second-order valence-corrected chi connectivity index (χ2v) is 4.92. The molecule has 0 bridgehead atoms. The van der Waals surface area contributed by atoms with Gasteiger partial charge in [0.1, 0.15) is 0 Å². The summed E-state index contributed by atoms with van der Waals surface area (Å²) >= 11 is 0. The standard InChI is InChI=1S/C14H17N3O/c1-9-3-2-4-10-5-6-11(7-12(9)10)14-16-13(8-15)18-17-14/h5-7,9H,2-4,8,15H2,1H3. The molecule has 94 valence electrons. The Morgan fingerprint density at radius 3 is 3.11 bits per heavy atom. The molecular weight excluding hydrogens is 226 g/mol. The van der Waals surface area contributed by atoms with Crippen LogP contribution in [0.5, 0.6) is 0 Å². The summed E-state index contributed by atoms with van der Waals surface area (Å²) in [5, 5.41) is 3.97. The van der Waals surface area contributed by atoms with Crippen LogP contribution in [0.25, 0.3) is 11.4 Å². The number of benzene rings is 1. The van der Waals surface area contributed by atoms with Gasteiger partial charge in [-0.05, 0) is 42.4 Å². The number of nitrogens with zero attached hydrogens (tertiary/aromatic N) is 2. The van der Waals surface area contributed by atoms with Gasteiger partial charge in [-0.3, -0.25) is 0 Å². The number of hydrogen-bond acceptors (Lipinski definition) is 4. The quantitative estimate of drug-likeness (QED) is 0.880. The van der Waals surface area contributed by atoms with Crippen LogP contribution in [0.3, 0.4) is 0 Å². The van der Waals surface area contributed by atoms with E-state index in [1.165, 1.54) is 30.4 Å². The summed E-state index contributed by atoms with van der Waals surface area (Å²) in [5.74, 6) is 1.74. The van der Waals surface area contributed by atoms with Crippen LogP contribution in [0.2, 0.25) is 0 Å². The first kappa shape index (κ1) is 11.4. The number of aromatic nitrogens is 2. The Balaban J connectivity index is 2.00. The van der Waals surface area contributed by atoms with Crippen molar-refractivity contribution in [3.05, 3.63) is 35.2 Å². The fourth-order valence-electron chi connectivity index (χ4n) is 2.63. The van der Waals surface area contributed by atoms with Crippen LogP contribution in [-0.4, -0.2) is 10.1 Å². The normalized spacial score (nSPS) is 18.7. The van der Waals surface area contributed by atoms with Crippen LogP contribution in [0.4, 0.5) is 0 Å². The molecule has 18 heavy (non-hydrogen) atoms. The van der Waals surface area contributed by atoms with E-state index in [4.69, 9.17) is 10.3 Å². The van der Waals surface area contributed by atoms with E-state index >= 15 is 0 Å². The highest BCUT2D eigenvalue weighted by atomic mass is 16.5. The van der Waals surface area contributed by atoms with Crippen molar-refractivity contribution in [2.24, 2.45) is 5.73 Å². The van der Waals surface area contributed by atoms with E-state index in [-0.39, 0.29) is 6.54 Å². The van der Waals surface area contributed by atoms with Crippen molar-refractivity contribution >= 4 is 0 Å². The minimum atomic E-state index is 0.286. The van der Waals surface area contributed by atoms with E-state index in [9.17, 15) is 0 Å². The van der Waals surface area contributed by atoms with Crippen LogP contribution in [0.1, 0.15) is 42.7 Å². The van der Waals surface area contributed by atoms with E-state index in [0.29, 0.717) is 17.6 Å². The van der Waals surface area contributed by atoms with Gasteiger partial charge < -0.3 is 10.3 Å². The third-order valence-electron chi connectivity index (χ3n) is 3.66. The molecular formula is C14H17N3O. The first-order valence-corrected chi connectivity index (χ1v) is 6.44. The first-order chi connectivity index (χ1) is 8.78. The minimum absolute atomic E-state index is 0.286. The van der Waals surface area contributed by atoms with Gasteiger partial charge in [0.2, 0.25) is 11.7 Å². The predicted octanol–water partition coefficient (Wildman–Crippen LogP) is 2.64. The molecule has 1 unspecified atom stereocenters. The smallest absolute Gasteiger partial charge is 0.240 e. The molecule has 1 aliphatic rings. The van der Waals surface area contributed by atoms with Gasteiger partial charge in [-0.1, -0.05) is 24.2 Å². The van der Waals surface area contributed by atoms with Crippen molar-refractivity contribution < 1.29 is 4.52 Å². The molecule has 1 aliphatic carbocycles. The summed E-state index contributed by atoms with van der Waals surface area (Å²) in [4.78, 5) is 4.27. The molecule has 2 aromatic rings. The molecule has 0 fully saturated rings. The molecule has 1 aromatic carbocycles. The lowest BCUT2D eigenvalue weighted by molar-refractivity contribution is 0.380. The molecule has 2 N–H and O–H groups in total. The van der Waals surface area contributed by atoms with Crippen molar-refractivity contribution in [3.8, 4) is 11.4 Å². The van der Waals surface area contributed by atoms with Gasteiger partial charge in [0.25, 0.3) is 0 Å². The van der Waals surface area contributed by atoms with Gasteiger partial charge >= 0.3 is 0 Å².